The van der Waals surface area contributed by atoms with Gasteiger partial charge in [-0.1, -0.05) is 26.0 Å². The van der Waals surface area contributed by atoms with Gasteiger partial charge in [-0.3, -0.25) is 4.79 Å². The molecular weight excluding hydrogens is 374 g/mol. The normalized spacial score (nSPS) is 11.8. The molecule has 0 fully saturated rings. The number of phenolic OH excluding ortho intramolecular Hbond substituents is 1. The first-order valence-corrected chi connectivity index (χ1v) is 9.91. The number of Topliss-reactive ketones (excluding diaryl/α,β-unsaturated/α-hetero) is 1. The molecule has 28 heavy (non-hydrogen) atoms. The van der Waals surface area contributed by atoms with Gasteiger partial charge in [0, 0.05) is 5.92 Å². The number of hydrogen-bond donors (Lipinski definition) is 1. The maximum atomic E-state index is 12.4. The number of phenols is 1. The van der Waals surface area contributed by atoms with Crippen LogP contribution in [0.25, 0.3) is 20.8 Å². The Morgan fingerprint density at radius 1 is 1.18 bits per heavy atom. The van der Waals surface area contributed by atoms with Crippen LogP contribution >= 0.6 is 11.3 Å². The van der Waals surface area contributed by atoms with Crippen molar-refractivity contribution < 1.29 is 19.4 Å². The lowest BCUT2D eigenvalue weighted by atomic mass is 9.83. The molecule has 0 saturated heterocycles. The second kappa shape index (κ2) is 7.72. The Balaban J connectivity index is 1.76. The highest BCUT2D eigenvalue weighted by Crippen LogP contribution is 2.35. The van der Waals surface area contributed by atoms with Gasteiger partial charge in [0.25, 0.3) is 0 Å². The Morgan fingerprint density at radius 3 is 2.54 bits per heavy atom. The number of rotatable bonds is 6. The summed E-state index contributed by atoms with van der Waals surface area (Å²) in [5.41, 5.74) is 0.901. The van der Waals surface area contributed by atoms with E-state index in [2.05, 4.69) is 4.98 Å². The Kier molecular flexibility index (Phi) is 5.52. The SMILES string of the molecule is CC(C)C(=O)C(C)(C)COC(=O)c1ccc(-c2nc3ccccc3s2)c(O)c1. The van der Waals surface area contributed by atoms with Gasteiger partial charge < -0.3 is 9.84 Å². The average molecular weight is 397 g/mol. The number of aromatic nitrogens is 1. The summed E-state index contributed by atoms with van der Waals surface area (Å²) in [4.78, 5) is 29.1. The smallest absolute Gasteiger partial charge is 0.338 e. The number of nitrogens with zero attached hydrogens (tertiary/aromatic N) is 1. The third-order valence-electron chi connectivity index (χ3n) is 4.51. The van der Waals surface area contributed by atoms with Crippen LogP contribution in [-0.2, 0) is 9.53 Å². The standard InChI is InChI=1S/C22H23NO4S/c1-13(2)19(25)22(3,4)12-27-21(26)14-9-10-15(17(24)11-14)20-23-16-7-5-6-8-18(16)28-20/h5-11,13,24H,12H2,1-4H3. The minimum absolute atomic E-state index is 0.0107. The number of carbonyl (C=O) groups excluding carboxylic acids is 2. The molecule has 0 spiro atoms. The minimum Gasteiger partial charge on any atom is -0.507 e. The van der Waals surface area contributed by atoms with Gasteiger partial charge in [-0.2, -0.15) is 0 Å². The highest BCUT2D eigenvalue weighted by atomic mass is 32.1. The highest BCUT2D eigenvalue weighted by molar-refractivity contribution is 7.21. The molecule has 0 radical (unpaired) electrons. The largest absolute Gasteiger partial charge is 0.507 e. The monoisotopic (exact) mass is 397 g/mol. The molecule has 3 aromatic rings. The van der Waals surface area contributed by atoms with Crippen molar-refractivity contribution in [2.45, 2.75) is 27.7 Å². The maximum absolute atomic E-state index is 12.4. The summed E-state index contributed by atoms with van der Waals surface area (Å²) in [5, 5.41) is 11.1. The third kappa shape index (κ3) is 4.07. The summed E-state index contributed by atoms with van der Waals surface area (Å²) in [6.07, 6.45) is 0. The summed E-state index contributed by atoms with van der Waals surface area (Å²) < 4.78 is 6.35. The first-order valence-electron chi connectivity index (χ1n) is 9.09. The number of thiazole rings is 1. The predicted molar refractivity (Wildman–Crippen MR) is 111 cm³/mol. The fourth-order valence-corrected chi connectivity index (χ4v) is 4.01. The molecule has 0 aliphatic rings. The van der Waals surface area contributed by atoms with E-state index in [9.17, 15) is 14.7 Å². The summed E-state index contributed by atoms with van der Waals surface area (Å²) in [6.45, 7) is 7.16. The number of ketones is 1. The van der Waals surface area contributed by atoms with E-state index >= 15 is 0 Å². The van der Waals surface area contributed by atoms with Crippen LogP contribution in [0.2, 0.25) is 0 Å². The van der Waals surface area contributed by atoms with E-state index in [1.807, 2.05) is 38.1 Å². The quantitative estimate of drug-likeness (QED) is 0.587. The lowest BCUT2D eigenvalue weighted by Crippen LogP contribution is -2.34. The molecule has 2 aromatic carbocycles. The molecule has 0 aliphatic heterocycles. The zero-order valence-electron chi connectivity index (χ0n) is 16.4. The van der Waals surface area contributed by atoms with Crippen molar-refractivity contribution in [2.24, 2.45) is 11.3 Å². The van der Waals surface area contributed by atoms with Crippen LogP contribution in [0.4, 0.5) is 0 Å². The van der Waals surface area contributed by atoms with Gasteiger partial charge in [-0.05, 0) is 44.2 Å². The Bertz CT molecular complexity index is 1000. The maximum Gasteiger partial charge on any atom is 0.338 e. The van der Waals surface area contributed by atoms with Gasteiger partial charge in [0.2, 0.25) is 0 Å². The van der Waals surface area contributed by atoms with E-state index in [4.69, 9.17) is 4.74 Å². The van der Waals surface area contributed by atoms with Crippen LogP contribution in [0.3, 0.4) is 0 Å². The number of esters is 1. The molecule has 0 amide bonds. The molecule has 0 bridgehead atoms. The highest BCUT2D eigenvalue weighted by Gasteiger charge is 2.31. The van der Waals surface area contributed by atoms with Crippen molar-refractivity contribution in [3.8, 4) is 16.3 Å². The molecule has 5 nitrogen and oxygen atoms in total. The minimum atomic E-state index is -0.757. The first kappa shape index (κ1) is 20.0. The molecule has 1 N–H and O–H groups in total. The van der Waals surface area contributed by atoms with E-state index in [-0.39, 0.29) is 29.6 Å². The van der Waals surface area contributed by atoms with Crippen LogP contribution in [0, 0.1) is 11.3 Å². The van der Waals surface area contributed by atoms with Crippen LogP contribution in [0.15, 0.2) is 42.5 Å². The third-order valence-corrected chi connectivity index (χ3v) is 5.58. The molecule has 1 aromatic heterocycles. The van der Waals surface area contributed by atoms with E-state index in [0.29, 0.717) is 10.6 Å². The number of hydrogen-bond acceptors (Lipinski definition) is 6. The van der Waals surface area contributed by atoms with Gasteiger partial charge >= 0.3 is 5.97 Å². The zero-order chi connectivity index (χ0) is 20.5. The van der Waals surface area contributed by atoms with Crippen molar-refractivity contribution >= 4 is 33.3 Å². The van der Waals surface area contributed by atoms with Gasteiger partial charge in [-0.15, -0.1) is 11.3 Å². The van der Waals surface area contributed by atoms with E-state index in [0.717, 1.165) is 10.2 Å². The van der Waals surface area contributed by atoms with Crippen LogP contribution in [0.5, 0.6) is 5.75 Å². The van der Waals surface area contributed by atoms with Crippen LogP contribution in [-0.4, -0.2) is 28.4 Å². The van der Waals surface area contributed by atoms with E-state index in [1.54, 1.807) is 26.0 Å². The van der Waals surface area contributed by atoms with Crippen molar-refractivity contribution in [1.82, 2.24) is 4.98 Å². The fraction of sp³-hybridized carbons (Fsp3) is 0.318. The zero-order valence-corrected chi connectivity index (χ0v) is 17.2. The van der Waals surface area contributed by atoms with Crippen molar-refractivity contribution in [1.29, 1.82) is 0 Å². The first-order chi connectivity index (χ1) is 13.2. The lowest BCUT2D eigenvalue weighted by Gasteiger charge is -2.24. The Labute approximate surface area is 168 Å². The summed E-state index contributed by atoms with van der Waals surface area (Å²) >= 11 is 1.47. The van der Waals surface area contributed by atoms with E-state index in [1.165, 1.54) is 17.4 Å². The summed E-state index contributed by atoms with van der Waals surface area (Å²) in [6, 6.07) is 12.4. The number of ether oxygens (including phenoxy) is 1. The molecule has 1 heterocycles. The Hall–Kier alpha value is -2.73. The van der Waals surface area contributed by atoms with Gasteiger partial charge in [-0.25, -0.2) is 9.78 Å². The van der Waals surface area contributed by atoms with Crippen molar-refractivity contribution in [2.75, 3.05) is 6.61 Å². The molecule has 0 unspecified atom stereocenters. The van der Waals surface area contributed by atoms with Crippen LogP contribution in [0.1, 0.15) is 38.1 Å². The molecule has 146 valence electrons. The van der Waals surface area contributed by atoms with Gasteiger partial charge in [0.15, 0.2) is 0 Å². The second-order valence-corrected chi connectivity index (χ2v) is 8.73. The average Bonchev–Trinajstić information content (AvgIpc) is 3.09. The van der Waals surface area contributed by atoms with Gasteiger partial charge in [0.1, 0.15) is 23.1 Å². The number of carbonyl (C=O) groups is 2. The van der Waals surface area contributed by atoms with Crippen molar-refractivity contribution in [3.05, 3.63) is 48.0 Å². The molecule has 0 atom stereocenters. The van der Waals surface area contributed by atoms with Crippen molar-refractivity contribution in [3.63, 3.8) is 0 Å². The Morgan fingerprint density at radius 2 is 1.89 bits per heavy atom. The molecule has 6 heteroatoms. The van der Waals surface area contributed by atoms with E-state index < -0.39 is 11.4 Å². The number of para-hydroxylation sites is 1. The number of aromatic hydroxyl groups is 1. The van der Waals surface area contributed by atoms with Crippen LogP contribution < -0.4 is 0 Å². The fourth-order valence-electron chi connectivity index (χ4n) is 3.01. The molecular formula is C22H23NO4S. The number of fused-ring (bicyclic) bond motifs is 1. The molecule has 0 aliphatic carbocycles. The summed E-state index contributed by atoms with van der Waals surface area (Å²) in [7, 11) is 0. The number of benzene rings is 2. The lowest BCUT2D eigenvalue weighted by molar-refractivity contribution is -0.132. The summed E-state index contributed by atoms with van der Waals surface area (Å²) in [5.74, 6) is -0.707. The second-order valence-electron chi connectivity index (χ2n) is 7.70. The topological polar surface area (TPSA) is 76.5 Å². The molecule has 0 saturated carbocycles. The molecule has 3 rings (SSSR count). The van der Waals surface area contributed by atoms with Gasteiger partial charge in [0.05, 0.1) is 26.8 Å². The predicted octanol–water partition coefficient (Wildman–Crippen LogP) is 5.08.